The van der Waals surface area contributed by atoms with Crippen molar-refractivity contribution in [3.63, 3.8) is 0 Å². The predicted octanol–water partition coefficient (Wildman–Crippen LogP) is 3.87. The van der Waals surface area contributed by atoms with Crippen LogP contribution in [0.1, 0.15) is 21.5 Å². The van der Waals surface area contributed by atoms with Gasteiger partial charge in [0.05, 0.1) is 5.02 Å². The second-order valence-corrected chi connectivity index (χ2v) is 5.24. The van der Waals surface area contributed by atoms with Crippen LogP contribution in [0.5, 0.6) is 0 Å². The second-order valence-electron chi connectivity index (χ2n) is 4.86. The van der Waals surface area contributed by atoms with Crippen LogP contribution >= 0.6 is 11.6 Å². The van der Waals surface area contributed by atoms with Crippen molar-refractivity contribution in [2.24, 2.45) is 0 Å². The first-order chi connectivity index (χ1) is 9.65. The lowest BCUT2D eigenvalue weighted by Gasteiger charge is -2.06. The molecule has 0 saturated carbocycles. The molecule has 2 nitrogen and oxygen atoms in total. The summed E-state index contributed by atoms with van der Waals surface area (Å²) in [6.07, 6.45) is 1.09. The average molecular weight is 290 g/mol. The van der Waals surface area contributed by atoms with E-state index in [4.69, 9.17) is 11.6 Å². The number of halogens is 2. The number of nitrogens with one attached hydrogen (secondary N) is 1. The van der Waals surface area contributed by atoms with Crippen molar-refractivity contribution >= 4 is 23.1 Å². The standard InChI is InChI=1S/C16H13ClFNO/c17-16-12(2-1-3-13(16)18)9-15(20)11-5-4-10-6-7-19-14(10)8-11/h1-5,8,19H,6-7,9H2. The van der Waals surface area contributed by atoms with Crippen LogP contribution in [0.4, 0.5) is 10.1 Å². The van der Waals surface area contributed by atoms with E-state index < -0.39 is 5.82 Å². The second kappa shape index (κ2) is 5.25. The number of hydrogen-bond donors (Lipinski definition) is 1. The van der Waals surface area contributed by atoms with Gasteiger partial charge < -0.3 is 5.32 Å². The van der Waals surface area contributed by atoms with Crippen molar-refractivity contribution in [1.29, 1.82) is 0 Å². The molecule has 0 unspecified atom stereocenters. The maximum Gasteiger partial charge on any atom is 0.167 e. The monoisotopic (exact) mass is 289 g/mol. The van der Waals surface area contributed by atoms with Crippen molar-refractivity contribution < 1.29 is 9.18 Å². The number of Topliss-reactive ketones (excluding diaryl/α,β-unsaturated/α-hetero) is 1. The first-order valence-electron chi connectivity index (χ1n) is 6.48. The highest BCUT2D eigenvalue weighted by Crippen LogP contribution is 2.25. The van der Waals surface area contributed by atoms with Gasteiger partial charge in [0.2, 0.25) is 0 Å². The van der Waals surface area contributed by atoms with Crippen LogP contribution in [0, 0.1) is 5.82 Å². The van der Waals surface area contributed by atoms with Gasteiger partial charge in [0.15, 0.2) is 5.78 Å². The Morgan fingerprint density at radius 2 is 2.15 bits per heavy atom. The minimum Gasteiger partial charge on any atom is -0.384 e. The van der Waals surface area contributed by atoms with E-state index in [0.29, 0.717) is 11.1 Å². The zero-order chi connectivity index (χ0) is 14.1. The van der Waals surface area contributed by atoms with E-state index >= 15 is 0 Å². The molecular weight excluding hydrogens is 277 g/mol. The number of carbonyl (C=O) groups excluding carboxylic acids is 1. The van der Waals surface area contributed by atoms with Gasteiger partial charge in [0, 0.05) is 24.2 Å². The van der Waals surface area contributed by atoms with Crippen LogP contribution < -0.4 is 5.32 Å². The summed E-state index contributed by atoms with van der Waals surface area (Å²) in [6.45, 7) is 0.905. The van der Waals surface area contributed by atoms with Crippen molar-refractivity contribution in [3.05, 3.63) is 63.9 Å². The number of carbonyl (C=O) groups is 1. The number of benzene rings is 2. The van der Waals surface area contributed by atoms with Gasteiger partial charge in [-0.25, -0.2) is 4.39 Å². The lowest BCUT2D eigenvalue weighted by molar-refractivity contribution is 0.0993. The quantitative estimate of drug-likeness (QED) is 0.869. The van der Waals surface area contributed by atoms with Crippen molar-refractivity contribution in [1.82, 2.24) is 0 Å². The third-order valence-corrected chi connectivity index (χ3v) is 3.95. The first kappa shape index (κ1) is 13.1. The zero-order valence-electron chi connectivity index (χ0n) is 10.7. The van der Waals surface area contributed by atoms with Gasteiger partial charge in [0.1, 0.15) is 5.82 Å². The smallest absolute Gasteiger partial charge is 0.167 e. The molecule has 1 N–H and O–H groups in total. The molecule has 2 aromatic carbocycles. The molecule has 0 aliphatic carbocycles. The average Bonchev–Trinajstić information content (AvgIpc) is 2.91. The van der Waals surface area contributed by atoms with Crippen LogP contribution in [0.2, 0.25) is 5.02 Å². The number of hydrogen-bond acceptors (Lipinski definition) is 2. The van der Waals surface area contributed by atoms with E-state index in [0.717, 1.165) is 18.7 Å². The molecule has 0 spiro atoms. The normalized spacial score (nSPS) is 12.9. The molecule has 0 aromatic heterocycles. The van der Waals surface area contributed by atoms with Crippen LogP contribution in [-0.2, 0) is 12.8 Å². The summed E-state index contributed by atoms with van der Waals surface area (Å²) in [5, 5.41) is 3.27. The molecule has 4 heteroatoms. The van der Waals surface area contributed by atoms with Crippen LogP contribution in [0.15, 0.2) is 36.4 Å². The highest BCUT2D eigenvalue weighted by molar-refractivity contribution is 6.31. The van der Waals surface area contributed by atoms with Gasteiger partial charge in [-0.1, -0.05) is 35.9 Å². The molecule has 0 saturated heterocycles. The van der Waals surface area contributed by atoms with Crippen molar-refractivity contribution in [3.8, 4) is 0 Å². The highest BCUT2D eigenvalue weighted by atomic mass is 35.5. The zero-order valence-corrected chi connectivity index (χ0v) is 11.5. The SMILES string of the molecule is O=C(Cc1cccc(F)c1Cl)c1ccc2c(c1)NCC2. The molecule has 0 radical (unpaired) electrons. The third-order valence-electron chi connectivity index (χ3n) is 3.52. The topological polar surface area (TPSA) is 29.1 Å². The Balaban J connectivity index is 1.84. The largest absolute Gasteiger partial charge is 0.384 e. The highest BCUT2D eigenvalue weighted by Gasteiger charge is 2.15. The molecule has 0 fully saturated rings. The Bertz CT molecular complexity index is 684. The first-order valence-corrected chi connectivity index (χ1v) is 6.86. The predicted molar refractivity (Wildman–Crippen MR) is 78.1 cm³/mol. The molecule has 2 aromatic rings. The summed E-state index contributed by atoms with van der Waals surface area (Å²) >= 11 is 5.88. The molecule has 1 heterocycles. The minimum atomic E-state index is -0.493. The molecule has 1 aliphatic rings. The fraction of sp³-hybridized carbons (Fsp3) is 0.188. The van der Waals surface area contributed by atoms with Crippen molar-refractivity contribution in [2.45, 2.75) is 12.8 Å². The summed E-state index contributed by atoms with van der Waals surface area (Å²) in [5.74, 6) is -0.554. The summed E-state index contributed by atoms with van der Waals surface area (Å²) in [7, 11) is 0. The van der Waals surface area contributed by atoms with E-state index in [1.165, 1.54) is 11.6 Å². The summed E-state index contributed by atoms with van der Waals surface area (Å²) < 4.78 is 13.4. The van der Waals surface area contributed by atoms with Crippen LogP contribution in [0.3, 0.4) is 0 Å². The summed E-state index contributed by atoms with van der Waals surface area (Å²) in [6, 6.07) is 10.2. The molecule has 0 amide bonds. The Kier molecular flexibility index (Phi) is 3.45. The molecule has 102 valence electrons. The Hall–Kier alpha value is -1.87. The van der Waals surface area contributed by atoms with E-state index in [1.807, 2.05) is 18.2 Å². The number of ketones is 1. The molecule has 0 bridgehead atoms. The van der Waals surface area contributed by atoms with E-state index in [-0.39, 0.29) is 17.2 Å². The van der Waals surface area contributed by atoms with Gasteiger partial charge in [-0.05, 0) is 29.7 Å². The van der Waals surface area contributed by atoms with E-state index in [1.54, 1.807) is 12.1 Å². The lowest BCUT2D eigenvalue weighted by Crippen LogP contribution is -2.05. The molecule has 1 aliphatic heterocycles. The maximum atomic E-state index is 13.4. The van der Waals surface area contributed by atoms with Gasteiger partial charge >= 0.3 is 0 Å². The fourth-order valence-corrected chi connectivity index (χ4v) is 2.62. The van der Waals surface area contributed by atoms with Crippen molar-refractivity contribution in [2.75, 3.05) is 11.9 Å². The molecular formula is C16H13ClFNO. The Morgan fingerprint density at radius 1 is 1.30 bits per heavy atom. The third kappa shape index (κ3) is 2.41. The van der Waals surface area contributed by atoms with Crippen LogP contribution in [0.25, 0.3) is 0 Å². The molecule has 3 rings (SSSR count). The lowest BCUT2D eigenvalue weighted by atomic mass is 10.0. The van der Waals surface area contributed by atoms with Gasteiger partial charge in [-0.2, -0.15) is 0 Å². The number of fused-ring (bicyclic) bond motifs is 1. The maximum absolute atomic E-state index is 13.4. The number of anilines is 1. The molecule has 20 heavy (non-hydrogen) atoms. The Morgan fingerprint density at radius 3 is 3.00 bits per heavy atom. The minimum absolute atomic E-state index is 0.0279. The fourth-order valence-electron chi connectivity index (χ4n) is 2.42. The Labute approximate surface area is 121 Å². The van der Waals surface area contributed by atoms with E-state index in [2.05, 4.69) is 5.32 Å². The summed E-state index contributed by atoms with van der Waals surface area (Å²) in [5.41, 5.74) is 3.38. The summed E-state index contributed by atoms with van der Waals surface area (Å²) in [4.78, 5) is 12.3. The van der Waals surface area contributed by atoms with Gasteiger partial charge in [0.25, 0.3) is 0 Å². The molecule has 0 atom stereocenters. The van der Waals surface area contributed by atoms with Gasteiger partial charge in [-0.15, -0.1) is 0 Å². The van der Waals surface area contributed by atoms with Gasteiger partial charge in [-0.3, -0.25) is 4.79 Å². The van der Waals surface area contributed by atoms with Crippen LogP contribution in [-0.4, -0.2) is 12.3 Å². The van der Waals surface area contributed by atoms with E-state index in [9.17, 15) is 9.18 Å². The number of rotatable bonds is 3.